The van der Waals surface area contributed by atoms with Gasteiger partial charge in [-0.05, 0) is 30.0 Å². The van der Waals surface area contributed by atoms with Crippen LogP contribution >= 0.6 is 0 Å². The van der Waals surface area contributed by atoms with Gasteiger partial charge >= 0.3 is 0 Å². The maximum Gasteiger partial charge on any atom is 0.140 e. The molecule has 1 heterocycles. The molecule has 1 unspecified atom stereocenters. The zero-order chi connectivity index (χ0) is 11.0. The molecule has 0 bridgehead atoms. The summed E-state index contributed by atoms with van der Waals surface area (Å²) in [5.74, 6) is 1.58. The zero-order valence-electron chi connectivity index (χ0n) is 9.37. The highest BCUT2D eigenvalue weighted by Gasteiger charge is 2.25. The van der Waals surface area contributed by atoms with E-state index in [1.807, 2.05) is 6.07 Å². The highest BCUT2D eigenvalue weighted by Crippen LogP contribution is 2.34. The Morgan fingerprint density at radius 3 is 3.00 bits per heavy atom. The van der Waals surface area contributed by atoms with Gasteiger partial charge in [-0.2, -0.15) is 0 Å². The SMILES string of the molecule is O=C1CCCCC1c1ccc2c(c1)CCO2. The van der Waals surface area contributed by atoms with Crippen LogP contribution in [0, 0.1) is 0 Å². The minimum atomic E-state index is 0.152. The Morgan fingerprint density at radius 2 is 2.12 bits per heavy atom. The third kappa shape index (κ3) is 1.62. The number of hydrogen-bond donors (Lipinski definition) is 0. The van der Waals surface area contributed by atoms with Crippen LogP contribution in [0.5, 0.6) is 5.75 Å². The topological polar surface area (TPSA) is 26.3 Å². The first-order valence-electron chi connectivity index (χ1n) is 6.13. The molecule has 0 radical (unpaired) electrons. The van der Waals surface area contributed by atoms with Crippen molar-refractivity contribution in [2.75, 3.05) is 6.61 Å². The van der Waals surface area contributed by atoms with Gasteiger partial charge < -0.3 is 4.74 Å². The first-order chi connectivity index (χ1) is 7.84. The number of carbonyl (C=O) groups excluding carboxylic acids is 1. The first-order valence-corrected chi connectivity index (χ1v) is 6.13. The largest absolute Gasteiger partial charge is 0.493 e. The van der Waals surface area contributed by atoms with E-state index in [2.05, 4.69) is 12.1 Å². The van der Waals surface area contributed by atoms with Crippen molar-refractivity contribution < 1.29 is 9.53 Å². The fourth-order valence-corrected chi connectivity index (χ4v) is 2.76. The Kier molecular flexibility index (Phi) is 2.43. The molecule has 84 valence electrons. The maximum atomic E-state index is 11.9. The third-order valence-electron chi connectivity index (χ3n) is 3.67. The van der Waals surface area contributed by atoms with Crippen LogP contribution in [0.3, 0.4) is 0 Å². The number of ether oxygens (including phenoxy) is 1. The summed E-state index contributed by atoms with van der Waals surface area (Å²) < 4.78 is 5.48. The van der Waals surface area contributed by atoms with E-state index < -0.39 is 0 Å². The lowest BCUT2D eigenvalue weighted by atomic mass is 9.82. The lowest BCUT2D eigenvalue weighted by Crippen LogP contribution is -2.16. The fraction of sp³-hybridized carbons (Fsp3) is 0.500. The molecule has 1 aromatic carbocycles. The molecule has 0 aromatic heterocycles. The predicted molar refractivity (Wildman–Crippen MR) is 61.9 cm³/mol. The van der Waals surface area contributed by atoms with Gasteiger partial charge in [-0.25, -0.2) is 0 Å². The second-order valence-electron chi connectivity index (χ2n) is 4.73. The highest BCUT2D eigenvalue weighted by molar-refractivity contribution is 5.86. The summed E-state index contributed by atoms with van der Waals surface area (Å²) in [7, 11) is 0. The monoisotopic (exact) mass is 216 g/mol. The molecule has 0 amide bonds. The van der Waals surface area contributed by atoms with Gasteiger partial charge in [-0.1, -0.05) is 18.6 Å². The Balaban J connectivity index is 1.91. The summed E-state index contributed by atoms with van der Waals surface area (Å²) in [5.41, 5.74) is 2.48. The van der Waals surface area contributed by atoms with Crippen LogP contribution in [0.2, 0.25) is 0 Å². The Labute approximate surface area is 95.6 Å². The lowest BCUT2D eigenvalue weighted by molar-refractivity contribution is -0.121. The molecule has 0 spiro atoms. The van der Waals surface area contributed by atoms with Crippen molar-refractivity contribution in [3.8, 4) is 5.75 Å². The normalized spacial score (nSPS) is 24.0. The van der Waals surface area contributed by atoms with E-state index in [1.54, 1.807) is 0 Å². The van der Waals surface area contributed by atoms with E-state index in [-0.39, 0.29) is 5.92 Å². The standard InChI is InChI=1S/C14H16O2/c15-13-4-2-1-3-12(13)10-5-6-14-11(9-10)7-8-16-14/h5-6,9,12H,1-4,7-8H2. The summed E-state index contributed by atoms with van der Waals surface area (Å²) in [6.07, 6.45) is 5.04. The van der Waals surface area contributed by atoms with Crippen LogP contribution in [0.1, 0.15) is 42.7 Å². The van der Waals surface area contributed by atoms with Crippen LogP contribution in [0.15, 0.2) is 18.2 Å². The number of hydrogen-bond acceptors (Lipinski definition) is 2. The summed E-state index contributed by atoms with van der Waals surface area (Å²) in [4.78, 5) is 11.9. The summed E-state index contributed by atoms with van der Waals surface area (Å²) in [5, 5.41) is 0. The summed E-state index contributed by atoms with van der Waals surface area (Å²) in [6, 6.07) is 6.27. The van der Waals surface area contributed by atoms with Crippen molar-refractivity contribution in [2.24, 2.45) is 0 Å². The third-order valence-corrected chi connectivity index (χ3v) is 3.67. The second kappa shape index (κ2) is 3.93. The Bertz CT molecular complexity index is 423. The van der Waals surface area contributed by atoms with Crippen molar-refractivity contribution in [3.05, 3.63) is 29.3 Å². The van der Waals surface area contributed by atoms with Gasteiger partial charge in [0.05, 0.1) is 6.61 Å². The van der Waals surface area contributed by atoms with Crippen molar-refractivity contribution in [2.45, 2.75) is 38.0 Å². The van der Waals surface area contributed by atoms with Gasteiger partial charge in [-0.15, -0.1) is 0 Å². The number of benzene rings is 1. The van der Waals surface area contributed by atoms with Crippen molar-refractivity contribution >= 4 is 5.78 Å². The molecule has 1 saturated carbocycles. The van der Waals surface area contributed by atoms with Crippen LogP contribution in [-0.2, 0) is 11.2 Å². The average molecular weight is 216 g/mol. The fourth-order valence-electron chi connectivity index (χ4n) is 2.76. The van der Waals surface area contributed by atoms with Crippen LogP contribution in [0.4, 0.5) is 0 Å². The molecule has 2 aliphatic rings. The molecule has 2 heteroatoms. The van der Waals surface area contributed by atoms with E-state index in [1.165, 1.54) is 17.5 Å². The van der Waals surface area contributed by atoms with Gasteiger partial charge in [-0.3, -0.25) is 4.79 Å². The van der Waals surface area contributed by atoms with Crippen molar-refractivity contribution in [1.29, 1.82) is 0 Å². The second-order valence-corrected chi connectivity index (χ2v) is 4.73. The minimum Gasteiger partial charge on any atom is -0.493 e. The van der Waals surface area contributed by atoms with E-state index in [4.69, 9.17) is 4.74 Å². The number of rotatable bonds is 1. The van der Waals surface area contributed by atoms with E-state index in [9.17, 15) is 4.79 Å². The van der Waals surface area contributed by atoms with E-state index in [0.29, 0.717) is 5.78 Å². The molecule has 1 fully saturated rings. The van der Waals surface area contributed by atoms with Crippen LogP contribution in [0.25, 0.3) is 0 Å². The Morgan fingerprint density at radius 1 is 1.19 bits per heavy atom. The predicted octanol–water partition coefficient (Wildman–Crippen LogP) is 2.85. The van der Waals surface area contributed by atoms with Gasteiger partial charge in [0.15, 0.2) is 0 Å². The number of Topliss-reactive ketones (excluding diaryl/α,β-unsaturated/α-hetero) is 1. The van der Waals surface area contributed by atoms with E-state index >= 15 is 0 Å². The quantitative estimate of drug-likeness (QED) is 0.721. The van der Waals surface area contributed by atoms with Gasteiger partial charge in [0.2, 0.25) is 0 Å². The highest BCUT2D eigenvalue weighted by atomic mass is 16.5. The lowest BCUT2D eigenvalue weighted by Gasteiger charge is -2.21. The molecule has 0 N–H and O–H groups in total. The maximum absolute atomic E-state index is 11.9. The average Bonchev–Trinajstić information content (AvgIpc) is 2.76. The molecule has 3 rings (SSSR count). The minimum absolute atomic E-state index is 0.152. The molecular weight excluding hydrogens is 200 g/mol. The van der Waals surface area contributed by atoms with Crippen LogP contribution in [-0.4, -0.2) is 12.4 Å². The van der Waals surface area contributed by atoms with Gasteiger partial charge in [0.1, 0.15) is 11.5 Å². The molecule has 16 heavy (non-hydrogen) atoms. The smallest absolute Gasteiger partial charge is 0.140 e. The van der Waals surface area contributed by atoms with Crippen molar-refractivity contribution in [1.82, 2.24) is 0 Å². The summed E-state index contributed by atoms with van der Waals surface area (Å²) >= 11 is 0. The number of carbonyl (C=O) groups is 1. The molecule has 1 aromatic rings. The zero-order valence-corrected chi connectivity index (χ0v) is 9.37. The van der Waals surface area contributed by atoms with Crippen molar-refractivity contribution in [3.63, 3.8) is 0 Å². The molecule has 0 saturated heterocycles. The van der Waals surface area contributed by atoms with Gasteiger partial charge in [0, 0.05) is 18.8 Å². The summed E-state index contributed by atoms with van der Waals surface area (Å²) in [6.45, 7) is 0.789. The van der Waals surface area contributed by atoms with Gasteiger partial charge in [0.25, 0.3) is 0 Å². The molecule has 1 aliphatic carbocycles. The Hall–Kier alpha value is -1.31. The first kappa shape index (κ1) is 9.88. The molecule has 1 aliphatic heterocycles. The molecule has 1 atom stereocenters. The van der Waals surface area contributed by atoms with E-state index in [0.717, 1.165) is 38.0 Å². The molecular formula is C14H16O2. The number of fused-ring (bicyclic) bond motifs is 1. The van der Waals surface area contributed by atoms with Crippen LogP contribution < -0.4 is 4.74 Å². The number of ketones is 1. The molecule has 2 nitrogen and oxygen atoms in total.